The van der Waals surface area contributed by atoms with Gasteiger partial charge in [0.2, 0.25) is 5.95 Å². The Balaban J connectivity index is 2.81. The van der Waals surface area contributed by atoms with Crippen molar-refractivity contribution in [3.63, 3.8) is 0 Å². The van der Waals surface area contributed by atoms with E-state index >= 15 is 0 Å². The highest BCUT2D eigenvalue weighted by Crippen LogP contribution is 2.14. The number of rotatable bonds is 6. The topological polar surface area (TPSA) is 41.1 Å². The molecule has 1 rings (SSSR count). The molecule has 0 saturated carbocycles. The van der Waals surface area contributed by atoms with Crippen molar-refractivity contribution in [2.24, 2.45) is 0 Å². The standard InChI is InChI=1S/C13H24N4/c1-6-7-10(2)17(5)13-15-9-12(8-14-4)11(3)16-13/h9-10,14H,6-8H2,1-5H3. The van der Waals surface area contributed by atoms with Crippen molar-refractivity contribution in [1.82, 2.24) is 15.3 Å². The van der Waals surface area contributed by atoms with E-state index in [1.165, 1.54) is 6.42 Å². The molecule has 1 aromatic rings. The summed E-state index contributed by atoms with van der Waals surface area (Å²) in [5, 5.41) is 3.12. The number of hydrogen-bond acceptors (Lipinski definition) is 4. The lowest BCUT2D eigenvalue weighted by atomic mass is 10.2. The summed E-state index contributed by atoms with van der Waals surface area (Å²) in [6.45, 7) is 7.27. The largest absolute Gasteiger partial charge is 0.341 e. The van der Waals surface area contributed by atoms with Crippen LogP contribution < -0.4 is 10.2 Å². The van der Waals surface area contributed by atoms with Crippen molar-refractivity contribution in [2.75, 3.05) is 19.0 Å². The van der Waals surface area contributed by atoms with Crippen LogP contribution in [-0.4, -0.2) is 30.1 Å². The first-order chi connectivity index (χ1) is 8.10. The van der Waals surface area contributed by atoms with Gasteiger partial charge < -0.3 is 10.2 Å². The second kappa shape index (κ2) is 6.55. The zero-order valence-electron chi connectivity index (χ0n) is 11.6. The number of aromatic nitrogens is 2. The van der Waals surface area contributed by atoms with E-state index in [9.17, 15) is 0 Å². The molecule has 1 heterocycles. The SMILES string of the molecule is CCCC(C)N(C)c1ncc(CNC)c(C)n1. The Morgan fingerprint density at radius 1 is 1.47 bits per heavy atom. The van der Waals surface area contributed by atoms with E-state index in [2.05, 4.69) is 41.1 Å². The quantitative estimate of drug-likeness (QED) is 0.821. The lowest BCUT2D eigenvalue weighted by molar-refractivity contribution is 0.603. The Hall–Kier alpha value is -1.16. The molecule has 0 aliphatic rings. The average molecular weight is 236 g/mol. The molecule has 1 atom stereocenters. The molecule has 0 fully saturated rings. The minimum absolute atomic E-state index is 0.481. The Labute approximate surface area is 104 Å². The fraction of sp³-hybridized carbons (Fsp3) is 0.692. The smallest absolute Gasteiger partial charge is 0.225 e. The predicted molar refractivity (Wildman–Crippen MR) is 72.3 cm³/mol. The van der Waals surface area contributed by atoms with Crippen LogP contribution in [0.1, 0.15) is 37.9 Å². The van der Waals surface area contributed by atoms with Crippen LogP contribution in [0.3, 0.4) is 0 Å². The van der Waals surface area contributed by atoms with Crippen molar-refractivity contribution in [3.05, 3.63) is 17.5 Å². The van der Waals surface area contributed by atoms with Crippen molar-refractivity contribution in [1.29, 1.82) is 0 Å². The van der Waals surface area contributed by atoms with Gasteiger partial charge in [-0.05, 0) is 27.3 Å². The van der Waals surface area contributed by atoms with E-state index < -0.39 is 0 Å². The van der Waals surface area contributed by atoms with Gasteiger partial charge in [-0.15, -0.1) is 0 Å². The summed E-state index contributed by atoms with van der Waals surface area (Å²) in [4.78, 5) is 11.2. The summed E-state index contributed by atoms with van der Waals surface area (Å²) in [5.74, 6) is 0.823. The van der Waals surface area contributed by atoms with Crippen LogP contribution in [0.2, 0.25) is 0 Å². The molecule has 0 spiro atoms. The maximum Gasteiger partial charge on any atom is 0.225 e. The molecule has 96 valence electrons. The van der Waals surface area contributed by atoms with Crippen LogP contribution in [0.25, 0.3) is 0 Å². The molecule has 0 saturated heterocycles. The lowest BCUT2D eigenvalue weighted by Gasteiger charge is -2.25. The van der Waals surface area contributed by atoms with Gasteiger partial charge >= 0.3 is 0 Å². The molecule has 4 nitrogen and oxygen atoms in total. The maximum absolute atomic E-state index is 4.57. The number of anilines is 1. The van der Waals surface area contributed by atoms with E-state index in [1.807, 2.05) is 20.2 Å². The third kappa shape index (κ3) is 3.66. The molecule has 0 aliphatic carbocycles. The van der Waals surface area contributed by atoms with Gasteiger partial charge in [0.05, 0.1) is 0 Å². The van der Waals surface area contributed by atoms with Crippen molar-refractivity contribution in [2.45, 2.75) is 46.2 Å². The number of nitrogens with one attached hydrogen (secondary N) is 1. The predicted octanol–water partition coefficient (Wildman–Crippen LogP) is 2.13. The van der Waals surface area contributed by atoms with E-state index in [1.54, 1.807) is 0 Å². The summed E-state index contributed by atoms with van der Waals surface area (Å²) in [6, 6.07) is 0.481. The van der Waals surface area contributed by atoms with Gasteiger partial charge in [-0.3, -0.25) is 0 Å². The molecular weight excluding hydrogens is 212 g/mol. The molecule has 0 aliphatic heterocycles. The van der Waals surface area contributed by atoms with E-state index in [-0.39, 0.29) is 0 Å². The lowest BCUT2D eigenvalue weighted by Crippen LogP contribution is -2.30. The number of hydrogen-bond donors (Lipinski definition) is 1. The second-order valence-corrected chi connectivity index (χ2v) is 4.56. The van der Waals surface area contributed by atoms with E-state index in [0.717, 1.165) is 30.2 Å². The third-order valence-electron chi connectivity index (χ3n) is 3.12. The molecular formula is C13H24N4. The van der Waals surface area contributed by atoms with Gasteiger partial charge in [-0.1, -0.05) is 13.3 Å². The first-order valence-corrected chi connectivity index (χ1v) is 6.30. The summed E-state index contributed by atoms with van der Waals surface area (Å²) in [6.07, 6.45) is 4.27. The Morgan fingerprint density at radius 2 is 2.18 bits per heavy atom. The van der Waals surface area contributed by atoms with E-state index in [4.69, 9.17) is 0 Å². The third-order valence-corrected chi connectivity index (χ3v) is 3.12. The van der Waals surface area contributed by atoms with Gasteiger partial charge in [-0.25, -0.2) is 9.97 Å². The maximum atomic E-state index is 4.57. The number of aryl methyl sites for hydroxylation is 1. The molecule has 4 heteroatoms. The highest BCUT2D eigenvalue weighted by molar-refractivity contribution is 5.32. The van der Waals surface area contributed by atoms with Crippen molar-refractivity contribution < 1.29 is 0 Å². The highest BCUT2D eigenvalue weighted by atomic mass is 15.2. The molecule has 0 amide bonds. The molecule has 1 N–H and O–H groups in total. The van der Waals surface area contributed by atoms with Gasteiger partial charge in [0.15, 0.2) is 0 Å². The minimum atomic E-state index is 0.481. The van der Waals surface area contributed by atoms with Gasteiger partial charge in [-0.2, -0.15) is 0 Å². The average Bonchev–Trinajstić information content (AvgIpc) is 2.31. The van der Waals surface area contributed by atoms with E-state index in [0.29, 0.717) is 6.04 Å². The molecule has 1 unspecified atom stereocenters. The second-order valence-electron chi connectivity index (χ2n) is 4.56. The van der Waals surface area contributed by atoms with Gasteiger partial charge in [0.25, 0.3) is 0 Å². The van der Waals surface area contributed by atoms with Crippen LogP contribution in [0, 0.1) is 6.92 Å². The number of nitrogens with zero attached hydrogens (tertiary/aromatic N) is 3. The zero-order chi connectivity index (χ0) is 12.8. The summed E-state index contributed by atoms with van der Waals surface area (Å²) < 4.78 is 0. The fourth-order valence-corrected chi connectivity index (χ4v) is 1.82. The Kier molecular flexibility index (Phi) is 5.35. The Bertz CT molecular complexity index is 351. The first-order valence-electron chi connectivity index (χ1n) is 6.30. The summed E-state index contributed by atoms with van der Waals surface area (Å²) in [7, 11) is 4.00. The monoisotopic (exact) mass is 236 g/mol. The summed E-state index contributed by atoms with van der Waals surface area (Å²) >= 11 is 0. The van der Waals surface area contributed by atoms with Crippen LogP contribution in [-0.2, 0) is 6.54 Å². The van der Waals surface area contributed by atoms with Crippen molar-refractivity contribution in [3.8, 4) is 0 Å². The molecule has 17 heavy (non-hydrogen) atoms. The van der Waals surface area contributed by atoms with Crippen LogP contribution in [0.4, 0.5) is 5.95 Å². The molecule has 0 bridgehead atoms. The molecule has 0 aromatic carbocycles. The highest BCUT2D eigenvalue weighted by Gasteiger charge is 2.12. The molecule has 0 radical (unpaired) electrons. The minimum Gasteiger partial charge on any atom is -0.341 e. The van der Waals surface area contributed by atoms with Crippen LogP contribution in [0.15, 0.2) is 6.20 Å². The summed E-state index contributed by atoms with van der Waals surface area (Å²) in [5.41, 5.74) is 2.22. The zero-order valence-corrected chi connectivity index (χ0v) is 11.6. The van der Waals surface area contributed by atoms with Crippen molar-refractivity contribution >= 4 is 5.95 Å². The van der Waals surface area contributed by atoms with Gasteiger partial charge in [0.1, 0.15) is 0 Å². The van der Waals surface area contributed by atoms with Crippen LogP contribution in [0.5, 0.6) is 0 Å². The van der Waals surface area contributed by atoms with Crippen LogP contribution >= 0.6 is 0 Å². The molecule has 1 aromatic heterocycles. The van der Waals surface area contributed by atoms with Gasteiger partial charge in [0, 0.05) is 37.1 Å². The first kappa shape index (κ1) is 13.9. The Morgan fingerprint density at radius 3 is 2.71 bits per heavy atom. The normalized spacial score (nSPS) is 12.5. The fourth-order valence-electron chi connectivity index (χ4n) is 1.82.